The van der Waals surface area contributed by atoms with E-state index in [4.69, 9.17) is 4.74 Å². The minimum atomic E-state index is 0.0485. The molecule has 96 valence electrons. The number of hydrogen-bond acceptors (Lipinski definition) is 3. The molecule has 1 rings (SSSR count). The molecular formula is C13H27NO2. The van der Waals surface area contributed by atoms with E-state index in [0.29, 0.717) is 12.1 Å². The molecule has 0 amide bonds. The average Bonchev–Trinajstić information content (AvgIpc) is 2.85. The van der Waals surface area contributed by atoms with Gasteiger partial charge in [0.2, 0.25) is 0 Å². The van der Waals surface area contributed by atoms with Crippen molar-refractivity contribution in [1.82, 2.24) is 5.32 Å². The van der Waals surface area contributed by atoms with Crippen LogP contribution in [0.2, 0.25) is 0 Å². The van der Waals surface area contributed by atoms with Gasteiger partial charge in [-0.1, -0.05) is 13.8 Å². The van der Waals surface area contributed by atoms with Gasteiger partial charge in [0.25, 0.3) is 0 Å². The maximum absolute atomic E-state index is 9.48. The molecule has 0 saturated carbocycles. The Balaban J connectivity index is 2.36. The monoisotopic (exact) mass is 229 g/mol. The lowest BCUT2D eigenvalue weighted by molar-refractivity contribution is 0.0665. The topological polar surface area (TPSA) is 41.5 Å². The van der Waals surface area contributed by atoms with Gasteiger partial charge in [-0.25, -0.2) is 0 Å². The van der Waals surface area contributed by atoms with E-state index in [-0.39, 0.29) is 12.0 Å². The van der Waals surface area contributed by atoms with E-state index >= 15 is 0 Å². The molecule has 16 heavy (non-hydrogen) atoms. The van der Waals surface area contributed by atoms with E-state index in [1.54, 1.807) is 0 Å². The Kier molecular flexibility index (Phi) is 5.73. The zero-order valence-corrected chi connectivity index (χ0v) is 11.0. The van der Waals surface area contributed by atoms with E-state index in [1.165, 1.54) is 12.8 Å². The lowest BCUT2D eigenvalue weighted by Crippen LogP contribution is -2.44. The smallest absolute Gasteiger partial charge is 0.0726 e. The van der Waals surface area contributed by atoms with Crippen LogP contribution in [-0.2, 0) is 4.74 Å². The molecule has 1 aliphatic rings. The molecule has 0 spiro atoms. The van der Waals surface area contributed by atoms with Crippen molar-refractivity contribution in [3.05, 3.63) is 0 Å². The Bertz CT molecular complexity index is 178. The summed E-state index contributed by atoms with van der Waals surface area (Å²) in [5.74, 6) is 0. The van der Waals surface area contributed by atoms with Crippen molar-refractivity contribution in [2.75, 3.05) is 19.8 Å². The molecule has 2 unspecified atom stereocenters. The Hall–Kier alpha value is -0.120. The summed E-state index contributed by atoms with van der Waals surface area (Å²) in [6.07, 6.45) is 4.75. The summed E-state index contributed by atoms with van der Waals surface area (Å²) in [5, 5.41) is 13.0. The van der Waals surface area contributed by atoms with Gasteiger partial charge < -0.3 is 15.2 Å². The van der Waals surface area contributed by atoms with Gasteiger partial charge in [0.15, 0.2) is 0 Å². The van der Waals surface area contributed by atoms with Gasteiger partial charge in [-0.2, -0.15) is 0 Å². The zero-order valence-electron chi connectivity index (χ0n) is 11.0. The Labute approximate surface area is 99.6 Å². The lowest BCUT2D eigenvalue weighted by Gasteiger charge is -2.32. The number of hydrogen-bond donors (Lipinski definition) is 2. The fraction of sp³-hybridized carbons (Fsp3) is 1.00. The highest BCUT2D eigenvalue weighted by atomic mass is 16.5. The SMILES string of the molecule is CCC(CC)(CO)CNC(C)C1CCCO1. The van der Waals surface area contributed by atoms with Gasteiger partial charge in [0, 0.05) is 31.2 Å². The van der Waals surface area contributed by atoms with E-state index < -0.39 is 0 Å². The van der Waals surface area contributed by atoms with E-state index in [0.717, 1.165) is 26.0 Å². The summed E-state index contributed by atoms with van der Waals surface area (Å²) in [5.41, 5.74) is 0.0485. The first kappa shape index (κ1) is 13.9. The minimum absolute atomic E-state index is 0.0485. The Morgan fingerprint density at radius 3 is 2.56 bits per heavy atom. The second kappa shape index (κ2) is 6.58. The summed E-state index contributed by atoms with van der Waals surface area (Å²) in [7, 11) is 0. The highest BCUT2D eigenvalue weighted by Gasteiger charge is 2.28. The first-order valence-corrected chi connectivity index (χ1v) is 6.63. The van der Waals surface area contributed by atoms with Gasteiger partial charge in [-0.15, -0.1) is 0 Å². The molecule has 0 aromatic rings. The number of ether oxygens (including phenoxy) is 1. The number of nitrogens with one attached hydrogen (secondary N) is 1. The largest absolute Gasteiger partial charge is 0.396 e. The normalized spacial score (nSPS) is 23.6. The molecule has 2 atom stereocenters. The van der Waals surface area contributed by atoms with E-state index in [2.05, 4.69) is 26.1 Å². The van der Waals surface area contributed by atoms with Crippen LogP contribution in [0, 0.1) is 5.41 Å². The zero-order chi connectivity index (χ0) is 12.0. The first-order valence-electron chi connectivity index (χ1n) is 6.63. The molecule has 0 aliphatic carbocycles. The van der Waals surface area contributed by atoms with Crippen LogP contribution in [0.5, 0.6) is 0 Å². The van der Waals surface area contributed by atoms with Crippen molar-refractivity contribution in [3.8, 4) is 0 Å². The van der Waals surface area contributed by atoms with Crippen molar-refractivity contribution in [2.24, 2.45) is 5.41 Å². The fourth-order valence-electron chi connectivity index (χ4n) is 2.29. The van der Waals surface area contributed by atoms with Crippen LogP contribution in [0.25, 0.3) is 0 Å². The molecule has 0 radical (unpaired) electrons. The highest BCUT2D eigenvalue weighted by molar-refractivity contribution is 4.83. The third-order valence-corrected chi connectivity index (χ3v) is 4.16. The first-order chi connectivity index (χ1) is 7.67. The van der Waals surface area contributed by atoms with Crippen molar-refractivity contribution in [2.45, 2.75) is 58.6 Å². The summed E-state index contributed by atoms with van der Waals surface area (Å²) >= 11 is 0. The van der Waals surface area contributed by atoms with E-state index in [1.807, 2.05) is 0 Å². The molecule has 0 aromatic carbocycles. The maximum atomic E-state index is 9.48. The Morgan fingerprint density at radius 1 is 1.44 bits per heavy atom. The van der Waals surface area contributed by atoms with Crippen molar-refractivity contribution in [3.63, 3.8) is 0 Å². The molecule has 2 N–H and O–H groups in total. The summed E-state index contributed by atoms with van der Waals surface area (Å²) in [6.45, 7) is 8.55. The van der Waals surface area contributed by atoms with Gasteiger partial charge in [0.05, 0.1) is 6.10 Å². The molecule has 1 saturated heterocycles. The van der Waals surface area contributed by atoms with Crippen LogP contribution >= 0.6 is 0 Å². The maximum Gasteiger partial charge on any atom is 0.0726 e. The van der Waals surface area contributed by atoms with Gasteiger partial charge in [-0.05, 0) is 32.6 Å². The second-order valence-electron chi connectivity index (χ2n) is 5.09. The predicted octanol–water partition coefficient (Wildman–Crippen LogP) is 1.94. The predicted molar refractivity (Wildman–Crippen MR) is 66.5 cm³/mol. The molecule has 3 heteroatoms. The fourth-order valence-corrected chi connectivity index (χ4v) is 2.29. The quantitative estimate of drug-likeness (QED) is 0.701. The molecule has 1 fully saturated rings. The van der Waals surface area contributed by atoms with E-state index in [9.17, 15) is 5.11 Å². The molecule has 1 aliphatic heterocycles. The number of aliphatic hydroxyl groups excluding tert-OH is 1. The third kappa shape index (κ3) is 3.44. The molecule has 3 nitrogen and oxygen atoms in total. The lowest BCUT2D eigenvalue weighted by atomic mass is 9.83. The van der Waals surface area contributed by atoms with Gasteiger partial charge >= 0.3 is 0 Å². The second-order valence-corrected chi connectivity index (χ2v) is 5.09. The van der Waals surface area contributed by atoms with Crippen LogP contribution in [0.1, 0.15) is 46.5 Å². The average molecular weight is 229 g/mol. The number of aliphatic hydroxyl groups is 1. The molecular weight excluding hydrogens is 202 g/mol. The minimum Gasteiger partial charge on any atom is -0.396 e. The molecule has 0 aromatic heterocycles. The van der Waals surface area contributed by atoms with Crippen molar-refractivity contribution >= 4 is 0 Å². The highest BCUT2D eigenvalue weighted by Crippen LogP contribution is 2.25. The van der Waals surface area contributed by atoms with Crippen LogP contribution in [-0.4, -0.2) is 37.0 Å². The van der Waals surface area contributed by atoms with Crippen molar-refractivity contribution in [1.29, 1.82) is 0 Å². The molecule has 0 bridgehead atoms. The standard InChI is InChI=1S/C13H27NO2/c1-4-13(5-2,10-15)9-14-11(3)12-7-6-8-16-12/h11-12,14-15H,4-10H2,1-3H3. The van der Waals surface area contributed by atoms with Crippen LogP contribution in [0.4, 0.5) is 0 Å². The molecule has 1 heterocycles. The summed E-state index contributed by atoms with van der Waals surface area (Å²) < 4.78 is 5.66. The van der Waals surface area contributed by atoms with Gasteiger partial charge in [-0.3, -0.25) is 0 Å². The summed E-state index contributed by atoms with van der Waals surface area (Å²) in [6, 6.07) is 0.395. The number of rotatable bonds is 7. The summed E-state index contributed by atoms with van der Waals surface area (Å²) in [4.78, 5) is 0. The third-order valence-electron chi connectivity index (χ3n) is 4.16. The van der Waals surface area contributed by atoms with Gasteiger partial charge in [0.1, 0.15) is 0 Å². The Morgan fingerprint density at radius 2 is 2.12 bits per heavy atom. The van der Waals surface area contributed by atoms with Crippen LogP contribution < -0.4 is 5.32 Å². The van der Waals surface area contributed by atoms with Crippen molar-refractivity contribution < 1.29 is 9.84 Å². The van der Waals surface area contributed by atoms with Crippen LogP contribution in [0.3, 0.4) is 0 Å². The van der Waals surface area contributed by atoms with Crippen LogP contribution in [0.15, 0.2) is 0 Å².